The van der Waals surface area contributed by atoms with Crippen LogP contribution in [-0.2, 0) is 31.6 Å². The summed E-state index contributed by atoms with van der Waals surface area (Å²) in [6.45, 7) is 0.628. The highest BCUT2D eigenvalue weighted by Gasteiger charge is 2.46. The van der Waals surface area contributed by atoms with Crippen molar-refractivity contribution in [2.45, 2.75) is 31.8 Å². The molecule has 0 aliphatic carbocycles. The molecule has 1 fully saturated rings. The number of nitrogens with zero attached hydrogens (tertiary/aromatic N) is 1. The monoisotopic (exact) mass is 496 g/mol. The molecular weight excluding hydrogens is 480 g/mol. The van der Waals surface area contributed by atoms with Crippen LogP contribution >= 0.6 is 23.5 Å². The third-order valence-corrected chi connectivity index (χ3v) is 7.60. The van der Waals surface area contributed by atoms with Gasteiger partial charge >= 0.3 is 13.5 Å². The zero-order chi connectivity index (χ0) is 22.9. The van der Waals surface area contributed by atoms with Crippen LogP contribution in [0.2, 0.25) is 0 Å². The third kappa shape index (κ3) is 6.74. The quantitative estimate of drug-likeness (QED) is 0.344. The number of hydrogen-bond acceptors (Lipinski definition) is 11. The van der Waals surface area contributed by atoms with E-state index in [1.807, 2.05) is 4.98 Å². The third-order valence-electron chi connectivity index (χ3n) is 3.88. The Morgan fingerprint density at radius 3 is 2.43 bits per heavy atom. The molecule has 0 saturated carbocycles. The first-order valence-corrected chi connectivity index (χ1v) is 12.4. The van der Waals surface area contributed by atoms with Gasteiger partial charge in [0.15, 0.2) is 12.4 Å². The Labute approximate surface area is 166 Å². The number of aromatic nitrogens is 2. The predicted octanol–water partition coefficient (Wildman–Crippen LogP) is -1.12. The first-order chi connectivity index (χ1) is 13.6. The summed E-state index contributed by atoms with van der Waals surface area (Å²) >= 11 is 0. The lowest BCUT2D eigenvalue weighted by atomic mass is 9.96. The van der Waals surface area contributed by atoms with E-state index in [0.717, 1.165) is 16.8 Å². The van der Waals surface area contributed by atoms with Gasteiger partial charge in [0.25, 0.3) is 21.2 Å². The largest absolute Gasteiger partial charge is 0.756 e. The van der Waals surface area contributed by atoms with Gasteiger partial charge in [-0.15, -0.1) is 0 Å². The van der Waals surface area contributed by atoms with Gasteiger partial charge in [-0.3, -0.25) is 28.0 Å². The molecule has 3 unspecified atom stereocenters. The minimum absolute atomic E-state index is 0.105. The lowest BCUT2D eigenvalue weighted by molar-refractivity contribution is -0.236. The summed E-state index contributed by atoms with van der Waals surface area (Å²) in [7, 11) is -17.4. The molecule has 0 aromatic carbocycles. The van der Waals surface area contributed by atoms with Crippen LogP contribution in [0.25, 0.3) is 0 Å². The Hall–Kier alpha value is -1.02. The second-order valence-corrected chi connectivity index (χ2v) is 10.3. The highest BCUT2D eigenvalue weighted by Crippen LogP contribution is 2.63. The molecule has 19 heteroatoms. The van der Waals surface area contributed by atoms with E-state index in [1.165, 1.54) is 6.92 Å². The van der Waals surface area contributed by atoms with Crippen LogP contribution in [0.3, 0.4) is 0 Å². The summed E-state index contributed by atoms with van der Waals surface area (Å²) in [5.41, 5.74) is -1.71. The molecule has 1 aromatic heterocycles. The van der Waals surface area contributed by atoms with Crippen molar-refractivity contribution < 1.29 is 55.5 Å². The summed E-state index contributed by atoms with van der Waals surface area (Å²) in [6.07, 6.45) is -3.53. The number of rotatable bonds is 9. The predicted molar refractivity (Wildman–Crippen MR) is 89.3 cm³/mol. The molecule has 0 radical (unpaired) electrons. The molecular formula is C11H16FN2O13P3-2. The fourth-order valence-electron chi connectivity index (χ4n) is 2.73. The van der Waals surface area contributed by atoms with E-state index in [9.17, 15) is 42.4 Å². The van der Waals surface area contributed by atoms with Crippen LogP contribution in [0.1, 0.15) is 19.6 Å². The second-order valence-electron chi connectivity index (χ2n) is 5.94. The maximum absolute atomic E-state index is 14.7. The van der Waals surface area contributed by atoms with E-state index in [1.54, 1.807) is 0 Å². The summed E-state index contributed by atoms with van der Waals surface area (Å²) in [4.78, 5) is 64.3. The smallest absolute Gasteiger partial charge is 0.478 e. The Kier molecular flexibility index (Phi) is 7.76. The van der Waals surface area contributed by atoms with Crippen LogP contribution in [0.15, 0.2) is 21.9 Å². The molecule has 3 N–H and O–H groups in total. The number of ether oxygens (including phenoxy) is 1. The van der Waals surface area contributed by atoms with E-state index in [0.29, 0.717) is 0 Å². The molecule has 0 spiro atoms. The van der Waals surface area contributed by atoms with Gasteiger partial charge in [0.2, 0.25) is 0 Å². The molecule has 30 heavy (non-hydrogen) atoms. The lowest BCUT2D eigenvalue weighted by Crippen LogP contribution is -2.34. The zero-order valence-corrected chi connectivity index (χ0v) is 17.6. The Balaban J connectivity index is 2.11. The molecule has 0 bridgehead atoms. The van der Waals surface area contributed by atoms with Crippen LogP contribution in [-0.4, -0.2) is 38.2 Å². The number of halogens is 1. The first-order valence-electron chi connectivity index (χ1n) is 8.00. The summed E-state index contributed by atoms with van der Waals surface area (Å²) in [6, 6.07) is 0.944. The number of phosphoric acid groups is 3. The van der Waals surface area contributed by atoms with Gasteiger partial charge in [0, 0.05) is 18.2 Å². The normalized spacial score (nSPS) is 30.3. The Morgan fingerprint density at radius 2 is 1.90 bits per heavy atom. The van der Waals surface area contributed by atoms with Crippen LogP contribution in [0.5, 0.6) is 0 Å². The van der Waals surface area contributed by atoms with E-state index < -0.39 is 65.7 Å². The molecule has 172 valence electrons. The van der Waals surface area contributed by atoms with Gasteiger partial charge in [-0.25, -0.2) is 22.4 Å². The van der Waals surface area contributed by atoms with Crippen molar-refractivity contribution in [3.63, 3.8) is 0 Å². The fraction of sp³-hybridized carbons (Fsp3) is 0.636. The maximum Gasteiger partial charge on any atom is 0.478 e. The number of alkyl halides is 1. The summed E-state index contributed by atoms with van der Waals surface area (Å²) in [5.74, 6) is -0.983. The van der Waals surface area contributed by atoms with E-state index >= 15 is 0 Å². The van der Waals surface area contributed by atoms with Gasteiger partial charge in [-0.1, -0.05) is 6.92 Å². The highest BCUT2D eigenvalue weighted by atomic mass is 31.3. The molecule has 1 aromatic rings. The van der Waals surface area contributed by atoms with E-state index in [4.69, 9.17) is 9.63 Å². The van der Waals surface area contributed by atoms with E-state index in [2.05, 4.69) is 13.1 Å². The SMILES string of the molecule is CC[C@H]1[C@@H](F)[C@H](n2ccc(=O)[nH]c2=O)O[C@@H]1COP(=O)(O)OP(=O)([O-])OP(=O)([O-])O. The molecule has 1 aliphatic heterocycles. The van der Waals surface area contributed by atoms with E-state index in [-0.39, 0.29) is 6.42 Å². The minimum Gasteiger partial charge on any atom is -0.756 e. The van der Waals surface area contributed by atoms with Gasteiger partial charge in [0.1, 0.15) is 0 Å². The average Bonchev–Trinajstić information content (AvgIpc) is 2.85. The molecule has 1 aliphatic rings. The number of aromatic amines is 1. The molecule has 2 rings (SSSR count). The lowest BCUT2D eigenvalue weighted by Gasteiger charge is -2.28. The van der Waals surface area contributed by atoms with Crippen molar-refractivity contribution in [3.8, 4) is 0 Å². The van der Waals surface area contributed by atoms with Crippen molar-refractivity contribution in [1.82, 2.24) is 9.55 Å². The van der Waals surface area contributed by atoms with Crippen molar-refractivity contribution in [2.75, 3.05) is 6.61 Å². The topological polar surface area (TPSA) is 230 Å². The van der Waals surface area contributed by atoms with Gasteiger partial charge in [0.05, 0.1) is 12.7 Å². The molecule has 1 saturated heterocycles. The van der Waals surface area contributed by atoms with Crippen LogP contribution in [0, 0.1) is 5.92 Å². The summed E-state index contributed by atoms with van der Waals surface area (Å²) in [5, 5.41) is 0. The number of hydrogen-bond donors (Lipinski definition) is 3. The number of phosphoric ester groups is 1. The standard InChI is InChI=1S/C11H18FN2O13P3/c1-2-6-7(5-24-29(20,21)27-30(22,23)26-28(17,18)19)25-10(9(6)12)14-4-3-8(15)13-11(14)16/h3-4,6-7,9-10H,2,5H2,1H3,(H,20,21)(H,22,23)(H,13,15,16)(H2,17,18,19)/p-2/t6-,7-,9-,10-/m1/s1. The van der Waals surface area contributed by atoms with Crippen LogP contribution in [0.4, 0.5) is 4.39 Å². The second kappa shape index (κ2) is 9.23. The highest BCUT2D eigenvalue weighted by molar-refractivity contribution is 7.65. The number of H-pyrrole nitrogens is 1. The van der Waals surface area contributed by atoms with Crippen molar-refractivity contribution in [3.05, 3.63) is 33.1 Å². The molecule has 7 atom stereocenters. The minimum atomic E-state index is -6.01. The number of nitrogens with one attached hydrogen (secondary N) is 1. The molecule has 0 amide bonds. The van der Waals surface area contributed by atoms with Crippen molar-refractivity contribution in [1.29, 1.82) is 0 Å². The van der Waals surface area contributed by atoms with Gasteiger partial charge in [-0.2, -0.15) is 0 Å². The average molecular weight is 496 g/mol. The van der Waals surface area contributed by atoms with Gasteiger partial charge in [-0.05, 0) is 6.42 Å². The molecule has 15 nitrogen and oxygen atoms in total. The fourth-order valence-corrected chi connectivity index (χ4v) is 5.66. The molecule has 2 heterocycles. The van der Waals surface area contributed by atoms with Crippen molar-refractivity contribution in [2.24, 2.45) is 5.92 Å². The Bertz CT molecular complexity index is 1020. The zero-order valence-electron chi connectivity index (χ0n) is 14.9. The first kappa shape index (κ1) is 25.2. The van der Waals surface area contributed by atoms with Crippen LogP contribution < -0.4 is 21.0 Å². The maximum atomic E-state index is 14.7. The Morgan fingerprint density at radius 1 is 1.27 bits per heavy atom. The summed E-state index contributed by atoms with van der Waals surface area (Å²) < 4.78 is 65.3. The van der Waals surface area contributed by atoms with Gasteiger partial charge < -0.3 is 24.3 Å². The van der Waals surface area contributed by atoms with Crippen molar-refractivity contribution >= 4 is 23.5 Å².